The van der Waals surface area contributed by atoms with Crippen LogP contribution in [0.1, 0.15) is 43.2 Å². The fourth-order valence-electron chi connectivity index (χ4n) is 3.43. The smallest absolute Gasteiger partial charge is 0.304 e. The van der Waals surface area contributed by atoms with E-state index in [2.05, 4.69) is 5.32 Å². The van der Waals surface area contributed by atoms with Gasteiger partial charge in [-0.1, -0.05) is 31.0 Å². The molecule has 3 fully saturated rings. The molecule has 0 aromatic heterocycles. The molecule has 1 aromatic carbocycles. The van der Waals surface area contributed by atoms with Crippen molar-refractivity contribution in [1.29, 1.82) is 0 Å². The van der Waals surface area contributed by atoms with Crippen molar-refractivity contribution in [2.75, 3.05) is 0 Å². The predicted octanol–water partition coefficient (Wildman–Crippen LogP) is 3.84. The van der Waals surface area contributed by atoms with Gasteiger partial charge >= 0.3 is 6.18 Å². The van der Waals surface area contributed by atoms with Gasteiger partial charge in [-0.05, 0) is 30.9 Å². The maximum Gasteiger partial charge on any atom is 0.416 e. The first-order valence-corrected chi connectivity index (χ1v) is 6.46. The molecule has 0 amide bonds. The number of nitrogens with one attached hydrogen (secondary N) is 1. The highest BCUT2D eigenvalue weighted by molar-refractivity contribution is 5.38. The van der Waals surface area contributed by atoms with Crippen LogP contribution >= 0.6 is 0 Å². The second-order valence-corrected chi connectivity index (χ2v) is 5.42. The standard InChI is InChI=1S/C14H16F3N/c15-14(16,17)12-7-2-1-6-11(12)13-8-4-3-5-10(9-13)18-13/h1-2,6-7,10,18H,3-5,8-9H2. The molecular formula is C14H16F3N. The fraction of sp³-hybridized carbons (Fsp3) is 0.571. The lowest BCUT2D eigenvalue weighted by atomic mass is 9.73. The Morgan fingerprint density at radius 2 is 1.89 bits per heavy atom. The summed E-state index contributed by atoms with van der Waals surface area (Å²) in [5, 5.41) is 3.38. The third-order valence-corrected chi connectivity index (χ3v) is 4.23. The maximum absolute atomic E-state index is 13.1. The Balaban J connectivity index is 2.02. The van der Waals surface area contributed by atoms with Gasteiger partial charge in [0.1, 0.15) is 0 Å². The van der Waals surface area contributed by atoms with Crippen molar-refractivity contribution in [3.63, 3.8) is 0 Å². The van der Waals surface area contributed by atoms with Gasteiger partial charge in [0.25, 0.3) is 0 Å². The molecule has 1 N–H and O–H groups in total. The van der Waals surface area contributed by atoms with E-state index < -0.39 is 17.3 Å². The first-order valence-electron chi connectivity index (χ1n) is 6.46. The summed E-state index contributed by atoms with van der Waals surface area (Å²) >= 11 is 0. The van der Waals surface area contributed by atoms with Gasteiger partial charge in [-0.2, -0.15) is 13.2 Å². The molecule has 1 saturated carbocycles. The van der Waals surface area contributed by atoms with Crippen molar-refractivity contribution < 1.29 is 13.2 Å². The van der Waals surface area contributed by atoms with Gasteiger partial charge in [0.15, 0.2) is 0 Å². The normalized spacial score (nSPS) is 31.6. The number of halogens is 3. The second-order valence-electron chi connectivity index (χ2n) is 5.42. The van der Waals surface area contributed by atoms with Gasteiger partial charge in [-0.15, -0.1) is 0 Å². The van der Waals surface area contributed by atoms with E-state index in [1.165, 1.54) is 12.1 Å². The zero-order valence-corrected chi connectivity index (χ0v) is 10.1. The van der Waals surface area contributed by atoms with Gasteiger partial charge in [0, 0.05) is 11.6 Å². The van der Waals surface area contributed by atoms with Gasteiger partial charge in [-0.25, -0.2) is 0 Å². The molecule has 4 rings (SSSR count). The van der Waals surface area contributed by atoms with Crippen LogP contribution in [0.3, 0.4) is 0 Å². The lowest BCUT2D eigenvalue weighted by Gasteiger charge is -2.49. The average molecular weight is 255 g/mol. The van der Waals surface area contributed by atoms with Gasteiger partial charge in [0.05, 0.1) is 5.56 Å². The van der Waals surface area contributed by atoms with Crippen LogP contribution in [0.25, 0.3) is 0 Å². The minimum atomic E-state index is -4.26. The van der Waals surface area contributed by atoms with E-state index in [4.69, 9.17) is 0 Å². The van der Waals surface area contributed by atoms with Crippen LogP contribution in [0, 0.1) is 0 Å². The quantitative estimate of drug-likeness (QED) is 0.804. The number of hydrogen-bond donors (Lipinski definition) is 1. The number of alkyl halides is 3. The third kappa shape index (κ3) is 1.83. The minimum Gasteiger partial charge on any atom is -0.304 e. The van der Waals surface area contributed by atoms with E-state index in [-0.39, 0.29) is 0 Å². The number of fused-ring (bicyclic) bond motifs is 3. The molecule has 2 saturated heterocycles. The van der Waals surface area contributed by atoms with Crippen LogP contribution in [0.15, 0.2) is 24.3 Å². The van der Waals surface area contributed by atoms with E-state index in [0.717, 1.165) is 32.1 Å². The Hall–Kier alpha value is -1.03. The summed E-state index contributed by atoms with van der Waals surface area (Å²) in [7, 11) is 0. The molecule has 1 nitrogen and oxygen atoms in total. The molecule has 98 valence electrons. The Kier molecular flexibility index (Phi) is 2.66. The molecule has 2 unspecified atom stereocenters. The predicted molar refractivity (Wildman–Crippen MR) is 63.1 cm³/mol. The number of hydrogen-bond acceptors (Lipinski definition) is 1. The lowest BCUT2D eigenvalue weighted by Crippen LogP contribution is -2.60. The number of rotatable bonds is 1. The van der Waals surface area contributed by atoms with Gasteiger partial charge in [0.2, 0.25) is 0 Å². The van der Waals surface area contributed by atoms with Crippen molar-refractivity contribution >= 4 is 0 Å². The molecule has 1 aliphatic carbocycles. The summed E-state index contributed by atoms with van der Waals surface area (Å²) in [6, 6.07) is 6.42. The molecule has 3 aliphatic rings. The van der Waals surface area contributed by atoms with Gasteiger partial charge < -0.3 is 5.32 Å². The van der Waals surface area contributed by atoms with Crippen molar-refractivity contribution in [3.05, 3.63) is 35.4 Å². The lowest BCUT2D eigenvalue weighted by molar-refractivity contribution is -0.139. The monoisotopic (exact) mass is 255 g/mol. The molecule has 0 radical (unpaired) electrons. The highest BCUT2D eigenvalue weighted by Crippen LogP contribution is 2.47. The van der Waals surface area contributed by atoms with E-state index in [0.29, 0.717) is 11.6 Å². The Morgan fingerprint density at radius 1 is 1.17 bits per heavy atom. The van der Waals surface area contributed by atoms with Crippen LogP contribution in [-0.2, 0) is 11.7 Å². The van der Waals surface area contributed by atoms with Crippen molar-refractivity contribution in [3.8, 4) is 0 Å². The largest absolute Gasteiger partial charge is 0.416 e. The molecule has 2 atom stereocenters. The Labute approximate surface area is 104 Å². The van der Waals surface area contributed by atoms with E-state index in [1.807, 2.05) is 0 Å². The highest BCUT2D eigenvalue weighted by atomic mass is 19.4. The van der Waals surface area contributed by atoms with Crippen LogP contribution in [0.5, 0.6) is 0 Å². The molecule has 2 aliphatic heterocycles. The molecule has 18 heavy (non-hydrogen) atoms. The maximum atomic E-state index is 13.1. The second kappa shape index (κ2) is 3.98. The van der Waals surface area contributed by atoms with E-state index in [9.17, 15) is 13.2 Å². The molecule has 2 bridgehead atoms. The molecule has 4 heteroatoms. The third-order valence-electron chi connectivity index (χ3n) is 4.23. The van der Waals surface area contributed by atoms with Gasteiger partial charge in [-0.3, -0.25) is 0 Å². The summed E-state index contributed by atoms with van der Waals surface area (Å²) in [4.78, 5) is 0. The SMILES string of the molecule is FC(F)(F)c1ccccc1C12CCCCC(C1)N2. The Bertz CT molecular complexity index is 441. The van der Waals surface area contributed by atoms with Crippen LogP contribution < -0.4 is 5.32 Å². The van der Waals surface area contributed by atoms with Crippen LogP contribution in [-0.4, -0.2) is 6.04 Å². The molecular weight excluding hydrogens is 239 g/mol. The highest BCUT2D eigenvalue weighted by Gasteiger charge is 2.49. The molecule has 0 spiro atoms. The summed E-state index contributed by atoms with van der Waals surface area (Å²) in [6.07, 6.45) is 0.625. The van der Waals surface area contributed by atoms with Crippen molar-refractivity contribution in [2.45, 2.75) is 49.9 Å². The minimum absolute atomic E-state index is 0.411. The van der Waals surface area contributed by atoms with E-state index >= 15 is 0 Å². The van der Waals surface area contributed by atoms with E-state index in [1.54, 1.807) is 12.1 Å². The summed E-state index contributed by atoms with van der Waals surface area (Å²) in [5.74, 6) is 0. The summed E-state index contributed by atoms with van der Waals surface area (Å²) in [5.41, 5.74) is -0.457. The molecule has 1 aromatic rings. The fourth-order valence-corrected chi connectivity index (χ4v) is 3.43. The number of benzene rings is 1. The summed E-state index contributed by atoms with van der Waals surface area (Å²) < 4.78 is 39.2. The molecule has 2 heterocycles. The average Bonchev–Trinajstić information content (AvgIpc) is 2.60. The van der Waals surface area contributed by atoms with Crippen LogP contribution in [0.4, 0.5) is 13.2 Å². The Morgan fingerprint density at radius 3 is 2.61 bits per heavy atom. The van der Waals surface area contributed by atoms with Crippen LogP contribution in [0.2, 0.25) is 0 Å². The first-order chi connectivity index (χ1) is 8.51. The zero-order chi connectivity index (χ0) is 12.8. The topological polar surface area (TPSA) is 12.0 Å². The summed E-state index contributed by atoms with van der Waals surface area (Å²) in [6.45, 7) is 0. The zero-order valence-electron chi connectivity index (χ0n) is 10.1. The first kappa shape index (κ1) is 12.0. The van der Waals surface area contributed by atoms with Crippen molar-refractivity contribution in [1.82, 2.24) is 5.32 Å². The van der Waals surface area contributed by atoms with Crippen molar-refractivity contribution in [2.24, 2.45) is 0 Å².